The second kappa shape index (κ2) is 7.02. The summed E-state index contributed by atoms with van der Waals surface area (Å²) in [5.74, 6) is 1.51. The number of nitrogens with zero attached hydrogens (tertiary/aromatic N) is 1. The highest BCUT2D eigenvalue weighted by Gasteiger charge is 2.37. The van der Waals surface area contributed by atoms with Gasteiger partial charge in [-0.3, -0.25) is 0 Å². The molecule has 25 heavy (non-hydrogen) atoms. The van der Waals surface area contributed by atoms with Gasteiger partial charge in [-0.15, -0.1) is 11.8 Å². The van der Waals surface area contributed by atoms with Crippen molar-refractivity contribution < 1.29 is 13.2 Å². The van der Waals surface area contributed by atoms with Crippen LogP contribution in [-0.4, -0.2) is 32.1 Å². The highest BCUT2D eigenvalue weighted by atomic mass is 32.2. The number of methoxy groups -OCH3 is 1. The van der Waals surface area contributed by atoms with Gasteiger partial charge in [-0.25, -0.2) is 8.42 Å². The molecule has 2 aromatic rings. The van der Waals surface area contributed by atoms with E-state index in [-0.39, 0.29) is 5.37 Å². The number of hydrogen-bond donors (Lipinski definition) is 0. The largest absolute Gasteiger partial charge is 0.496 e. The van der Waals surface area contributed by atoms with Crippen LogP contribution in [0.5, 0.6) is 5.75 Å². The number of benzene rings is 2. The Morgan fingerprint density at radius 1 is 1.04 bits per heavy atom. The Bertz CT molecular complexity index is 876. The summed E-state index contributed by atoms with van der Waals surface area (Å²) >= 11 is 1.67. The molecule has 1 atom stereocenters. The van der Waals surface area contributed by atoms with Crippen molar-refractivity contribution in [1.29, 1.82) is 0 Å². The summed E-state index contributed by atoms with van der Waals surface area (Å²) in [7, 11) is -1.97. The summed E-state index contributed by atoms with van der Waals surface area (Å²) in [5, 5.41) is -0.174. The molecule has 4 nitrogen and oxygen atoms in total. The Hall–Kier alpha value is -1.50. The molecule has 0 spiro atoms. The summed E-state index contributed by atoms with van der Waals surface area (Å²) in [4.78, 5) is 0.366. The average molecular weight is 378 g/mol. The number of hydrogen-bond acceptors (Lipinski definition) is 4. The van der Waals surface area contributed by atoms with Crippen molar-refractivity contribution in [3.8, 4) is 5.75 Å². The van der Waals surface area contributed by atoms with E-state index in [0.717, 1.165) is 22.4 Å². The van der Waals surface area contributed by atoms with Crippen LogP contribution in [0.4, 0.5) is 0 Å². The lowest BCUT2D eigenvalue weighted by atomic mass is 10.1. The van der Waals surface area contributed by atoms with E-state index in [0.29, 0.717) is 17.2 Å². The second-order valence-corrected chi connectivity index (χ2v) is 9.31. The molecule has 2 aromatic carbocycles. The molecule has 0 aromatic heterocycles. The zero-order valence-electron chi connectivity index (χ0n) is 14.9. The third kappa shape index (κ3) is 3.30. The molecule has 0 aliphatic carbocycles. The molecule has 0 saturated carbocycles. The molecular formula is C19H23NO3S2. The zero-order chi connectivity index (χ0) is 18.2. The van der Waals surface area contributed by atoms with Crippen LogP contribution in [-0.2, 0) is 10.0 Å². The van der Waals surface area contributed by atoms with Crippen molar-refractivity contribution in [2.45, 2.75) is 31.0 Å². The summed E-state index contributed by atoms with van der Waals surface area (Å²) in [5.41, 5.74) is 3.81. The van der Waals surface area contributed by atoms with E-state index >= 15 is 0 Å². The number of aryl methyl sites for hydroxylation is 1. The number of rotatable bonds is 4. The molecule has 1 aliphatic heterocycles. The van der Waals surface area contributed by atoms with E-state index in [1.165, 1.54) is 5.56 Å². The first kappa shape index (κ1) is 18.3. The third-order valence-electron chi connectivity index (χ3n) is 4.71. The molecule has 0 N–H and O–H groups in total. The molecule has 1 fully saturated rings. The fourth-order valence-electron chi connectivity index (χ4n) is 3.09. The summed E-state index contributed by atoms with van der Waals surface area (Å²) in [6.07, 6.45) is 0. The Balaban J connectivity index is 2.02. The van der Waals surface area contributed by atoms with Gasteiger partial charge in [0.25, 0.3) is 0 Å². The molecule has 1 aliphatic rings. The third-order valence-corrected chi connectivity index (χ3v) is 8.11. The van der Waals surface area contributed by atoms with Crippen LogP contribution in [0.25, 0.3) is 0 Å². The van der Waals surface area contributed by atoms with E-state index in [1.54, 1.807) is 35.3 Å². The average Bonchev–Trinajstić information content (AvgIpc) is 3.08. The molecular weight excluding hydrogens is 354 g/mol. The van der Waals surface area contributed by atoms with Crippen LogP contribution >= 0.6 is 11.8 Å². The van der Waals surface area contributed by atoms with Gasteiger partial charge in [0.1, 0.15) is 5.75 Å². The van der Waals surface area contributed by atoms with Crippen molar-refractivity contribution in [2.24, 2.45) is 0 Å². The minimum absolute atomic E-state index is 0.174. The maximum absolute atomic E-state index is 13.3. The summed E-state index contributed by atoms with van der Waals surface area (Å²) in [6.45, 7) is 6.29. The molecule has 0 amide bonds. The normalized spacial score (nSPS) is 18.5. The van der Waals surface area contributed by atoms with E-state index < -0.39 is 10.0 Å². The van der Waals surface area contributed by atoms with E-state index in [1.807, 2.05) is 45.0 Å². The molecule has 1 unspecified atom stereocenters. The van der Waals surface area contributed by atoms with Gasteiger partial charge < -0.3 is 4.74 Å². The van der Waals surface area contributed by atoms with Crippen molar-refractivity contribution in [3.63, 3.8) is 0 Å². The van der Waals surface area contributed by atoms with Crippen LogP contribution in [0.15, 0.2) is 41.3 Å². The maximum Gasteiger partial charge on any atom is 0.244 e. The number of sulfonamides is 1. The standard InChI is InChI=1S/C19H23NO3S2/c1-13-5-7-16(8-6-13)19-20(11-12-24-19)25(21,22)18-10-9-17(23-4)14(2)15(18)3/h5-10,19H,11-12H2,1-4H3. The van der Waals surface area contributed by atoms with Gasteiger partial charge >= 0.3 is 0 Å². The van der Waals surface area contributed by atoms with Gasteiger partial charge in [0.2, 0.25) is 10.0 Å². The van der Waals surface area contributed by atoms with Crippen molar-refractivity contribution >= 4 is 21.8 Å². The van der Waals surface area contributed by atoms with Crippen LogP contribution in [0.2, 0.25) is 0 Å². The lowest BCUT2D eigenvalue weighted by Crippen LogP contribution is -2.31. The molecule has 3 rings (SSSR count). The molecule has 0 bridgehead atoms. The Kier molecular flexibility index (Phi) is 5.14. The van der Waals surface area contributed by atoms with Gasteiger partial charge in [0.15, 0.2) is 0 Å². The van der Waals surface area contributed by atoms with E-state index in [9.17, 15) is 8.42 Å². The minimum Gasteiger partial charge on any atom is -0.496 e. The monoisotopic (exact) mass is 377 g/mol. The smallest absolute Gasteiger partial charge is 0.244 e. The molecule has 0 radical (unpaired) electrons. The highest BCUT2D eigenvalue weighted by molar-refractivity contribution is 8.01. The van der Waals surface area contributed by atoms with Gasteiger partial charge in [-0.05, 0) is 49.6 Å². The van der Waals surface area contributed by atoms with Gasteiger partial charge in [0, 0.05) is 12.3 Å². The van der Waals surface area contributed by atoms with Crippen LogP contribution < -0.4 is 4.74 Å². The maximum atomic E-state index is 13.3. The van der Waals surface area contributed by atoms with Crippen LogP contribution in [0, 0.1) is 20.8 Å². The lowest BCUT2D eigenvalue weighted by molar-refractivity contribution is 0.410. The Morgan fingerprint density at radius 3 is 2.36 bits per heavy atom. The predicted octanol–water partition coefficient (Wildman–Crippen LogP) is 4.06. The van der Waals surface area contributed by atoms with Crippen LogP contribution in [0.3, 0.4) is 0 Å². The highest BCUT2D eigenvalue weighted by Crippen LogP contribution is 2.42. The van der Waals surface area contributed by atoms with Gasteiger partial charge in [-0.1, -0.05) is 29.8 Å². The molecule has 134 valence electrons. The fourth-order valence-corrected chi connectivity index (χ4v) is 6.62. The van der Waals surface area contributed by atoms with Crippen molar-refractivity contribution in [2.75, 3.05) is 19.4 Å². The quantitative estimate of drug-likeness (QED) is 0.806. The van der Waals surface area contributed by atoms with Crippen LogP contribution in [0.1, 0.15) is 27.6 Å². The Morgan fingerprint density at radius 2 is 1.72 bits per heavy atom. The lowest BCUT2D eigenvalue weighted by Gasteiger charge is -2.25. The predicted molar refractivity (Wildman–Crippen MR) is 103 cm³/mol. The molecule has 6 heteroatoms. The van der Waals surface area contributed by atoms with E-state index in [4.69, 9.17) is 4.74 Å². The molecule has 1 heterocycles. The first-order valence-electron chi connectivity index (χ1n) is 8.20. The SMILES string of the molecule is COc1ccc(S(=O)(=O)N2CCSC2c2ccc(C)cc2)c(C)c1C. The Labute approximate surface area is 154 Å². The van der Waals surface area contributed by atoms with Gasteiger partial charge in [0.05, 0.1) is 17.4 Å². The second-order valence-electron chi connectivity index (χ2n) is 6.27. The summed E-state index contributed by atoms with van der Waals surface area (Å²) < 4.78 is 33.6. The van der Waals surface area contributed by atoms with Crippen molar-refractivity contribution in [3.05, 3.63) is 58.7 Å². The van der Waals surface area contributed by atoms with Gasteiger partial charge in [-0.2, -0.15) is 4.31 Å². The fraction of sp³-hybridized carbons (Fsp3) is 0.368. The molecule has 1 saturated heterocycles. The number of ether oxygens (including phenoxy) is 1. The zero-order valence-corrected chi connectivity index (χ0v) is 16.6. The minimum atomic E-state index is -3.57. The first-order chi connectivity index (χ1) is 11.9. The first-order valence-corrected chi connectivity index (χ1v) is 10.7. The topological polar surface area (TPSA) is 46.6 Å². The summed E-state index contributed by atoms with van der Waals surface area (Å²) in [6, 6.07) is 11.5. The van der Waals surface area contributed by atoms with E-state index in [2.05, 4.69) is 0 Å². The van der Waals surface area contributed by atoms with Crippen molar-refractivity contribution in [1.82, 2.24) is 4.31 Å². The number of thioether (sulfide) groups is 1.